The summed E-state index contributed by atoms with van der Waals surface area (Å²) < 4.78 is 13.1. The van der Waals surface area contributed by atoms with E-state index in [2.05, 4.69) is 32.2 Å². The summed E-state index contributed by atoms with van der Waals surface area (Å²) in [5.74, 6) is 0.328. The van der Waals surface area contributed by atoms with Gasteiger partial charge in [0.15, 0.2) is 0 Å². The van der Waals surface area contributed by atoms with Crippen LogP contribution in [0.4, 0.5) is 15.8 Å². The molecule has 146 valence electrons. The lowest BCUT2D eigenvalue weighted by atomic mass is 10.0. The van der Waals surface area contributed by atoms with E-state index in [1.165, 1.54) is 25.0 Å². The molecular weight excluding hydrogens is 355 g/mol. The van der Waals surface area contributed by atoms with Crippen LogP contribution < -0.4 is 10.2 Å². The average Bonchev–Trinajstić information content (AvgIpc) is 3.54. The van der Waals surface area contributed by atoms with Gasteiger partial charge in [0.05, 0.1) is 11.4 Å². The maximum absolute atomic E-state index is 13.1. The first-order valence-electron chi connectivity index (χ1n) is 10.0. The Balaban J connectivity index is 1.22. The minimum atomic E-state index is -0.587. The summed E-state index contributed by atoms with van der Waals surface area (Å²) in [6, 6.07) is 8.84. The van der Waals surface area contributed by atoms with Crippen LogP contribution in [0.3, 0.4) is 0 Å². The minimum Gasteiger partial charge on any atom is -0.370 e. The predicted octanol–water partition coefficient (Wildman–Crippen LogP) is 3.08. The van der Waals surface area contributed by atoms with Crippen molar-refractivity contribution in [2.75, 3.05) is 36.4 Å². The summed E-state index contributed by atoms with van der Waals surface area (Å²) in [4.78, 5) is 9.33. The van der Waals surface area contributed by atoms with Gasteiger partial charge in [-0.25, -0.2) is 4.39 Å². The summed E-state index contributed by atoms with van der Waals surface area (Å²) >= 11 is 0. The molecule has 2 fully saturated rings. The maximum atomic E-state index is 13.1. The Morgan fingerprint density at radius 1 is 1.11 bits per heavy atom. The fraction of sp³-hybridized carbons (Fsp3) is 0.409. The number of halogens is 1. The van der Waals surface area contributed by atoms with Crippen LogP contribution in [0.25, 0.3) is 6.08 Å². The van der Waals surface area contributed by atoms with Gasteiger partial charge in [0.25, 0.3) is 0 Å². The fourth-order valence-electron chi connectivity index (χ4n) is 4.14. The molecule has 6 heteroatoms. The van der Waals surface area contributed by atoms with Gasteiger partial charge < -0.3 is 15.3 Å². The predicted molar refractivity (Wildman–Crippen MR) is 108 cm³/mol. The number of aromatic nitrogens is 1. The molecule has 1 aromatic heterocycles. The van der Waals surface area contributed by atoms with E-state index in [4.69, 9.17) is 0 Å². The Hall–Kier alpha value is -2.44. The second-order valence-electron chi connectivity index (χ2n) is 7.98. The van der Waals surface area contributed by atoms with E-state index >= 15 is 0 Å². The molecule has 1 saturated heterocycles. The Bertz CT molecular complexity index is 886. The minimum absolute atomic E-state index is 0.194. The molecule has 2 aromatic rings. The van der Waals surface area contributed by atoms with Crippen molar-refractivity contribution in [3.05, 3.63) is 59.2 Å². The zero-order valence-electron chi connectivity index (χ0n) is 15.8. The van der Waals surface area contributed by atoms with Crippen LogP contribution >= 0.6 is 0 Å². The molecule has 1 aliphatic carbocycles. The van der Waals surface area contributed by atoms with Gasteiger partial charge in [-0.2, -0.15) is 0 Å². The first-order chi connectivity index (χ1) is 13.7. The first-order valence-corrected chi connectivity index (χ1v) is 10.0. The van der Waals surface area contributed by atoms with Crippen molar-refractivity contribution in [3.8, 4) is 0 Å². The van der Waals surface area contributed by atoms with Crippen molar-refractivity contribution in [2.24, 2.45) is 5.92 Å². The number of nitrogens with zero attached hydrogens (tertiary/aromatic N) is 3. The maximum Gasteiger partial charge on any atom is 0.147 e. The molecule has 3 aliphatic rings. The molecule has 1 unspecified atom stereocenters. The van der Waals surface area contributed by atoms with Gasteiger partial charge in [-0.3, -0.25) is 9.88 Å². The number of fused-ring (bicyclic) bond motifs is 1. The number of benzene rings is 1. The van der Waals surface area contributed by atoms with Crippen LogP contribution in [0.15, 0.2) is 42.1 Å². The molecular formula is C22H25FN4O. The number of pyridine rings is 1. The van der Waals surface area contributed by atoms with Crippen LogP contribution in [-0.2, 0) is 6.54 Å². The summed E-state index contributed by atoms with van der Waals surface area (Å²) in [6.07, 6.45) is 5.76. The zero-order chi connectivity index (χ0) is 19.1. The molecule has 1 saturated carbocycles. The molecule has 5 nitrogen and oxygen atoms in total. The van der Waals surface area contributed by atoms with Crippen molar-refractivity contribution < 1.29 is 9.50 Å². The molecule has 0 amide bonds. The fourth-order valence-corrected chi connectivity index (χ4v) is 4.14. The van der Waals surface area contributed by atoms with Crippen molar-refractivity contribution in [2.45, 2.75) is 25.6 Å². The van der Waals surface area contributed by atoms with Crippen LogP contribution in [0.5, 0.6) is 0 Å². The van der Waals surface area contributed by atoms with E-state index in [9.17, 15) is 9.50 Å². The molecule has 3 heterocycles. The Morgan fingerprint density at radius 2 is 1.86 bits per heavy atom. The molecule has 0 radical (unpaired) electrons. The number of aliphatic hydroxyl groups is 1. The van der Waals surface area contributed by atoms with Crippen LogP contribution in [0, 0.1) is 11.7 Å². The lowest BCUT2D eigenvalue weighted by molar-refractivity contribution is 0.233. The van der Waals surface area contributed by atoms with Gasteiger partial charge >= 0.3 is 0 Å². The van der Waals surface area contributed by atoms with E-state index in [-0.39, 0.29) is 5.82 Å². The highest BCUT2D eigenvalue weighted by Crippen LogP contribution is 2.41. The molecule has 5 rings (SSSR count). The topological polar surface area (TPSA) is 51.6 Å². The number of hydrogen-bond donors (Lipinski definition) is 2. The molecule has 1 aromatic carbocycles. The highest BCUT2D eigenvalue weighted by molar-refractivity contribution is 5.71. The van der Waals surface area contributed by atoms with Crippen LogP contribution in [-0.4, -0.2) is 47.4 Å². The van der Waals surface area contributed by atoms with Gasteiger partial charge in [0, 0.05) is 44.6 Å². The first kappa shape index (κ1) is 17.6. The van der Waals surface area contributed by atoms with Crippen molar-refractivity contribution in [1.82, 2.24) is 9.88 Å². The largest absolute Gasteiger partial charge is 0.370 e. The number of anilines is 2. The second kappa shape index (κ2) is 7.18. The van der Waals surface area contributed by atoms with E-state index in [1.54, 1.807) is 0 Å². The lowest BCUT2D eigenvalue weighted by Gasteiger charge is -2.36. The SMILES string of the molecule is OC1Nc2cc(CN3CCN(c4ccc(F)cc4)CC3)cnc2C=C1C1CC1. The number of rotatable bonds is 4. The third kappa shape index (κ3) is 3.62. The van der Waals surface area contributed by atoms with Gasteiger partial charge in [0.1, 0.15) is 12.0 Å². The molecule has 1 atom stereocenters. The van der Waals surface area contributed by atoms with Crippen molar-refractivity contribution in [3.63, 3.8) is 0 Å². The zero-order valence-corrected chi connectivity index (χ0v) is 15.8. The van der Waals surface area contributed by atoms with Gasteiger partial charge in [-0.1, -0.05) is 0 Å². The monoisotopic (exact) mass is 380 g/mol. The molecule has 2 aliphatic heterocycles. The number of aliphatic hydroxyl groups excluding tert-OH is 1. The highest BCUT2D eigenvalue weighted by Gasteiger charge is 2.33. The summed E-state index contributed by atoms with van der Waals surface area (Å²) in [5.41, 5.74) is 5.14. The third-order valence-electron chi connectivity index (χ3n) is 5.91. The third-order valence-corrected chi connectivity index (χ3v) is 5.91. The van der Waals surface area contributed by atoms with Gasteiger partial charge in [-0.05, 0) is 66.3 Å². The molecule has 0 spiro atoms. The van der Waals surface area contributed by atoms with E-state index in [0.717, 1.165) is 60.9 Å². The second-order valence-corrected chi connectivity index (χ2v) is 7.98. The van der Waals surface area contributed by atoms with Crippen molar-refractivity contribution in [1.29, 1.82) is 0 Å². The Morgan fingerprint density at radius 3 is 2.57 bits per heavy atom. The smallest absolute Gasteiger partial charge is 0.147 e. The molecule has 2 N–H and O–H groups in total. The average molecular weight is 380 g/mol. The van der Waals surface area contributed by atoms with E-state index in [1.807, 2.05) is 18.3 Å². The molecule has 0 bridgehead atoms. The Kier molecular flexibility index (Phi) is 4.53. The Labute approximate surface area is 164 Å². The normalized spacial score (nSPS) is 22.4. The molecule has 28 heavy (non-hydrogen) atoms. The summed E-state index contributed by atoms with van der Waals surface area (Å²) in [7, 11) is 0. The number of nitrogens with one attached hydrogen (secondary N) is 1. The van der Waals surface area contributed by atoms with Gasteiger partial charge in [0.2, 0.25) is 0 Å². The summed E-state index contributed by atoms with van der Waals surface area (Å²) in [6.45, 7) is 4.60. The van der Waals surface area contributed by atoms with Gasteiger partial charge in [-0.15, -0.1) is 0 Å². The van der Waals surface area contributed by atoms with Crippen LogP contribution in [0.1, 0.15) is 24.1 Å². The van der Waals surface area contributed by atoms with E-state index < -0.39 is 6.23 Å². The number of piperazine rings is 1. The van der Waals surface area contributed by atoms with Crippen molar-refractivity contribution >= 4 is 17.5 Å². The lowest BCUT2D eigenvalue weighted by Crippen LogP contribution is -2.46. The highest BCUT2D eigenvalue weighted by atomic mass is 19.1. The van der Waals surface area contributed by atoms with E-state index in [0.29, 0.717) is 5.92 Å². The number of hydrogen-bond acceptors (Lipinski definition) is 5. The van der Waals surface area contributed by atoms with Crippen LogP contribution in [0.2, 0.25) is 0 Å². The summed E-state index contributed by atoms with van der Waals surface area (Å²) in [5, 5.41) is 13.6. The quantitative estimate of drug-likeness (QED) is 0.854. The standard InChI is InChI=1S/C22H25FN4O/c23-17-3-5-18(6-4-17)27-9-7-26(8-10-27)14-15-11-21-20(24-13-15)12-19(16-1-2-16)22(28)25-21/h3-6,11-13,16,22,25,28H,1-2,7-10,14H2.